The van der Waals surface area contributed by atoms with Gasteiger partial charge in [-0.2, -0.15) is 0 Å². The fraction of sp³-hybridized carbons (Fsp3) is 0.611. The minimum atomic E-state index is -1.73. The zero-order valence-corrected chi connectivity index (χ0v) is 17.7. The van der Waals surface area contributed by atoms with E-state index in [9.17, 15) is 9.90 Å². The van der Waals surface area contributed by atoms with Gasteiger partial charge in [0, 0.05) is 9.77 Å². The highest BCUT2D eigenvalue weighted by Gasteiger charge is 2.49. The summed E-state index contributed by atoms with van der Waals surface area (Å²) in [5.74, 6) is 0.272. The van der Waals surface area contributed by atoms with Crippen LogP contribution in [0.4, 0.5) is 15.0 Å². The number of aliphatic hydroxyl groups excluding tert-OH is 1. The Labute approximate surface area is 179 Å². The minimum Gasteiger partial charge on any atom is -0.431 e. The average molecular weight is 520 g/mol. The first kappa shape index (κ1) is 20.5. The molecule has 1 aliphatic heterocycles. The van der Waals surface area contributed by atoms with E-state index in [4.69, 9.17) is 19.9 Å². The zero-order valence-electron chi connectivity index (χ0n) is 15.5. The van der Waals surface area contributed by atoms with Gasteiger partial charge in [-0.1, -0.05) is 6.42 Å². The molecule has 2 aromatic rings. The maximum atomic E-state index is 15.3. The third-order valence-corrected chi connectivity index (χ3v) is 6.18. The number of anilines is 1. The largest absolute Gasteiger partial charge is 0.509 e. The smallest absolute Gasteiger partial charge is 0.431 e. The normalized spacial score (nSPS) is 28.0. The molecular weight excluding hydrogens is 498 g/mol. The van der Waals surface area contributed by atoms with Crippen molar-refractivity contribution in [2.24, 2.45) is 0 Å². The van der Waals surface area contributed by atoms with Crippen LogP contribution in [-0.2, 0) is 14.2 Å². The lowest BCUT2D eigenvalue weighted by atomic mass is 9.98. The van der Waals surface area contributed by atoms with E-state index in [-0.39, 0.29) is 11.9 Å². The lowest BCUT2D eigenvalue weighted by molar-refractivity contribution is -0.0625. The second-order valence-corrected chi connectivity index (χ2v) is 8.41. The molecule has 1 saturated carbocycles. The van der Waals surface area contributed by atoms with Crippen LogP contribution < -0.4 is 5.73 Å². The minimum absolute atomic E-state index is 0.213. The van der Waals surface area contributed by atoms with Crippen molar-refractivity contribution in [3.05, 3.63) is 16.1 Å². The lowest BCUT2D eigenvalue weighted by Gasteiger charge is -2.23. The predicted molar refractivity (Wildman–Crippen MR) is 109 cm³/mol. The van der Waals surface area contributed by atoms with Gasteiger partial charge in [-0.15, -0.1) is 0 Å². The van der Waals surface area contributed by atoms with Crippen molar-refractivity contribution in [2.75, 3.05) is 12.3 Å². The summed E-state index contributed by atoms with van der Waals surface area (Å²) in [4.78, 5) is 20.3. The summed E-state index contributed by atoms with van der Waals surface area (Å²) < 4.78 is 33.7. The van der Waals surface area contributed by atoms with Crippen molar-refractivity contribution >= 4 is 45.6 Å². The van der Waals surface area contributed by atoms with E-state index in [1.807, 2.05) is 0 Å². The Hall–Kier alpha value is -1.73. The molecule has 29 heavy (non-hydrogen) atoms. The molecule has 3 heterocycles. The van der Waals surface area contributed by atoms with Crippen molar-refractivity contribution in [3.63, 3.8) is 0 Å². The summed E-state index contributed by atoms with van der Waals surface area (Å²) in [5.41, 5.74) is 6.31. The zero-order chi connectivity index (χ0) is 20.5. The molecule has 4 atom stereocenters. The molecular formula is C18H22FIN4O5. The number of nitrogens with two attached hydrogens (primary N) is 1. The first-order valence-corrected chi connectivity index (χ1v) is 10.6. The van der Waals surface area contributed by atoms with Crippen LogP contribution >= 0.6 is 22.6 Å². The van der Waals surface area contributed by atoms with Crippen LogP contribution in [0, 0.1) is 3.57 Å². The molecule has 1 saturated heterocycles. The quantitative estimate of drug-likeness (QED) is 0.467. The number of nitrogen functional groups attached to an aromatic ring is 1. The Morgan fingerprint density at radius 3 is 2.83 bits per heavy atom. The average Bonchev–Trinajstić information content (AvgIpc) is 3.20. The molecule has 9 nitrogen and oxygen atoms in total. The van der Waals surface area contributed by atoms with Gasteiger partial charge in [0.1, 0.15) is 30.0 Å². The summed E-state index contributed by atoms with van der Waals surface area (Å²) in [7, 11) is 0. The Morgan fingerprint density at radius 1 is 1.34 bits per heavy atom. The van der Waals surface area contributed by atoms with Gasteiger partial charge in [-0.05, 0) is 48.3 Å². The summed E-state index contributed by atoms with van der Waals surface area (Å²) in [5, 5.41) is 10.2. The van der Waals surface area contributed by atoms with Gasteiger partial charge in [0.15, 0.2) is 18.5 Å². The number of carbonyl (C=O) groups excluding carboxylic acids is 1. The van der Waals surface area contributed by atoms with Gasteiger partial charge in [0.05, 0.1) is 12.0 Å². The highest BCUT2D eigenvalue weighted by Crippen LogP contribution is 2.38. The van der Waals surface area contributed by atoms with Crippen molar-refractivity contribution < 1.29 is 28.5 Å². The monoisotopic (exact) mass is 520 g/mol. The molecule has 2 fully saturated rings. The van der Waals surface area contributed by atoms with Crippen LogP contribution in [0.2, 0.25) is 0 Å². The highest BCUT2D eigenvalue weighted by molar-refractivity contribution is 14.1. The third kappa shape index (κ3) is 3.99. The van der Waals surface area contributed by atoms with Gasteiger partial charge >= 0.3 is 6.16 Å². The third-order valence-electron chi connectivity index (χ3n) is 5.36. The van der Waals surface area contributed by atoms with Gasteiger partial charge in [-0.25, -0.2) is 19.2 Å². The van der Waals surface area contributed by atoms with Gasteiger partial charge in [0.25, 0.3) is 0 Å². The Balaban J connectivity index is 1.52. The number of fused-ring (bicyclic) bond motifs is 1. The van der Waals surface area contributed by atoms with E-state index < -0.39 is 37.4 Å². The molecule has 1 unspecified atom stereocenters. The standard InChI is InChI=1S/C18H22FIN4O5/c19-13-14(29-18(26)27-9-4-2-1-3-5-9)11(7-25)28-17(13)24-6-10(20)12-15(21)22-8-23-16(12)24/h6,8-9,11,13-14,17,25H,1-5,7H2,(H2,21,22,23)/t11-,13?,14+,17-/m1/s1. The molecule has 158 valence electrons. The van der Waals surface area contributed by atoms with E-state index in [0.29, 0.717) is 11.0 Å². The van der Waals surface area contributed by atoms with E-state index in [1.54, 1.807) is 6.20 Å². The number of hydrogen-bond donors (Lipinski definition) is 2. The molecule has 3 N–H and O–H groups in total. The van der Waals surface area contributed by atoms with Crippen LogP contribution in [-0.4, -0.2) is 56.9 Å². The van der Waals surface area contributed by atoms with Crippen molar-refractivity contribution in [3.8, 4) is 0 Å². The molecule has 1 aliphatic carbocycles. The van der Waals surface area contributed by atoms with Crippen LogP contribution in [0.3, 0.4) is 0 Å². The molecule has 0 bridgehead atoms. The number of aliphatic hydroxyl groups is 1. The van der Waals surface area contributed by atoms with Crippen molar-refractivity contribution in [1.82, 2.24) is 14.5 Å². The topological polar surface area (TPSA) is 122 Å². The number of rotatable bonds is 4. The summed E-state index contributed by atoms with van der Waals surface area (Å²) in [6.07, 6.45) is 1.23. The molecule has 0 spiro atoms. The number of halogens is 2. The maximum absolute atomic E-state index is 15.3. The molecule has 0 radical (unpaired) electrons. The fourth-order valence-electron chi connectivity index (χ4n) is 3.92. The van der Waals surface area contributed by atoms with Crippen LogP contribution in [0.5, 0.6) is 0 Å². The second-order valence-electron chi connectivity index (χ2n) is 7.24. The summed E-state index contributed by atoms with van der Waals surface area (Å²) in [6.45, 7) is -0.508. The predicted octanol–water partition coefficient (Wildman–Crippen LogP) is 2.70. The van der Waals surface area contributed by atoms with Gasteiger partial charge < -0.3 is 29.6 Å². The lowest BCUT2D eigenvalue weighted by Crippen LogP contribution is -2.37. The molecule has 2 aliphatic rings. The first-order chi connectivity index (χ1) is 14.0. The number of alkyl halides is 1. The van der Waals surface area contributed by atoms with E-state index in [2.05, 4.69) is 32.6 Å². The van der Waals surface area contributed by atoms with Crippen LogP contribution in [0.1, 0.15) is 38.3 Å². The van der Waals surface area contributed by atoms with Crippen molar-refractivity contribution in [2.45, 2.75) is 62.8 Å². The molecule has 4 rings (SSSR count). The molecule has 0 aromatic carbocycles. The number of ether oxygens (including phenoxy) is 3. The Morgan fingerprint density at radius 2 is 2.10 bits per heavy atom. The molecule has 0 amide bonds. The summed E-state index contributed by atoms with van der Waals surface area (Å²) in [6, 6.07) is 0. The maximum Gasteiger partial charge on any atom is 0.509 e. The van der Waals surface area contributed by atoms with Gasteiger partial charge in [-0.3, -0.25) is 0 Å². The second kappa shape index (κ2) is 8.56. The van der Waals surface area contributed by atoms with Crippen LogP contribution in [0.25, 0.3) is 11.0 Å². The van der Waals surface area contributed by atoms with E-state index in [1.165, 1.54) is 10.9 Å². The molecule has 2 aromatic heterocycles. The van der Waals surface area contributed by atoms with E-state index in [0.717, 1.165) is 35.7 Å². The number of nitrogens with zero attached hydrogens (tertiary/aromatic N) is 3. The Bertz CT molecular complexity index is 891. The molecule has 11 heteroatoms. The summed E-state index contributed by atoms with van der Waals surface area (Å²) >= 11 is 2.05. The number of hydrogen-bond acceptors (Lipinski definition) is 8. The van der Waals surface area contributed by atoms with E-state index >= 15 is 4.39 Å². The number of carbonyl (C=O) groups is 1. The van der Waals surface area contributed by atoms with Crippen molar-refractivity contribution in [1.29, 1.82) is 0 Å². The SMILES string of the molecule is Nc1ncnc2c1c(I)cn2[C@@H]1O[C@H](CO)[C@H](OC(=O)OC2CCCCC2)C1F. The first-order valence-electron chi connectivity index (χ1n) is 9.53. The van der Waals surface area contributed by atoms with Crippen LogP contribution in [0.15, 0.2) is 12.5 Å². The Kier molecular flexibility index (Phi) is 6.06. The fourth-order valence-corrected chi connectivity index (χ4v) is 4.74. The van der Waals surface area contributed by atoms with Gasteiger partial charge in [0.2, 0.25) is 0 Å². The highest BCUT2D eigenvalue weighted by atomic mass is 127. The number of aromatic nitrogens is 3.